The first-order valence-corrected chi connectivity index (χ1v) is 8.58. The van der Waals surface area contributed by atoms with Gasteiger partial charge in [0.2, 0.25) is 5.91 Å². The molecule has 0 spiro atoms. The number of aromatic amines is 2. The lowest BCUT2D eigenvalue weighted by atomic mass is 10.1. The van der Waals surface area contributed by atoms with Crippen LogP contribution in [0.15, 0.2) is 60.7 Å². The van der Waals surface area contributed by atoms with Crippen molar-refractivity contribution in [2.24, 2.45) is 0 Å². The number of nitrogens with one attached hydrogen (secondary N) is 3. The first-order valence-electron chi connectivity index (χ1n) is 8.58. The highest BCUT2D eigenvalue weighted by Crippen LogP contribution is 2.16. The third-order valence-corrected chi connectivity index (χ3v) is 4.20. The van der Waals surface area contributed by atoms with Crippen molar-refractivity contribution in [3.8, 4) is 11.3 Å². The molecular formula is C20H19N5O. The van der Waals surface area contributed by atoms with Crippen molar-refractivity contribution in [1.29, 1.82) is 0 Å². The monoisotopic (exact) mass is 345 g/mol. The molecule has 4 aromatic rings. The molecule has 6 nitrogen and oxygen atoms in total. The van der Waals surface area contributed by atoms with Crippen molar-refractivity contribution in [2.45, 2.75) is 19.4 Å². The van der Waals surface area contributed by atoms with Crippen molar-refractivity contribution in [3.63, 3.8) is 0 Å². The van der Waals surface area contributed by atoms with E-state index in [0.29, 0.717) is 19.4 Å². The number of rotatable bonds is 6. The average molecular weight is 345 g/mol. The molecule has 2 aromatic heterocycles. The molecule has 0 saturated heterocycles. The zero-order valence-corrected chi connectivity index (χ0v) is 14.2. The number of para-hydroxylation sites is 2. The van der Waals surface area contributed by atoms with Crippen molar-refractivity contribution in [1.82, 2.24) is 25.5 Å². The molecular weight excluding hydrogens is 326 g/mol. The summed E-state index contributed by atoms with van der Waals surface area (Å²) >= 11 is 0. The smallest absolute Gasteiger partial charge is 0.220 e. The van der Waals surface area contributed by atoms with E-state index in [0.717, 1.165) is 33.8 Å². The number of aromatic nitrogens is 4. The molecule has 1 amide bonds. The Bertz CT molecular complexity index is 986. The molecule has 0 atom stereocenters. The second kappa shape index (κ2) is 7.23. The number of aryl methyl sites for hydroxylation is 1. The van der Waals surface area contributed by atoms with Gasteiger partial charge in [-0.15, -0.1) is 0 Å². The van der Waals surface area contributed by atoms with Crippen LogP contribution >= 0.6 is 0 Å². The summed E-state index contributed by atoms with van der Waals surface area (Å²) in [7, 11) is 0. The van der Waals surface area contributed by atoms with Crippen molar-refractivity contribution in [2.75, 3.05) is 0 Å². The van der Waals surface area contributed by atoms with E-state index in [-0.39, 0.29) is 5.91 Å². The lowest BCUT2D eigenvalue weighted by Gasteiger charge is -2.02. The maximum absolute atomic E-state index is 12.1. The van der Waals surface area contributed by atoms with Crippen LogP contribution in [-0.2, 0) is 17.8 Å². The summed E-state index contributed by atoms with van der Waals surface area (Å²) in [6.45, 7) is 0.429. The van der Waals surface area contributed by atoms with Gasteiger partial charge in [0.15, 0.2) is 0 Å². The lowest BCUT2D eigenvalue weighted by Crippen LogP contribution is -2.23. The van der Waals surface area contributed by atoms with Gasteiger partial charge in [0, 0.05) is 18.4 Å². The van der Waals surface area contributed by atoms with Gasteiger partial charge in [0.05, 0.1) is 29.0 Å². The Kier molecular flexibility index (Phi) is 4.47. The summed E-state index contributed by atoms with van der Waals surface area (Å²) in [5.41, 5.74) is 4.71. The molecule has 0 bridgehead atoms. The second-order valence-corrected chi connectivity index (χ2v) is 6.12. The molecule has 2 heterocycles. The molecule has 0 fully saturated rings. The van der Waals surface area contributed by atoms with Gasteiger partial charge in [-0.05, 0) is 18.2 Å². The van der Waals surface area contributed by atoms with Gasteiger partial charge in [-0.2, -0.15) is 5.10 Å². The summed E-state index contributed by atoms with van der Waals surface area (Å²) in [6, 6.07) is 19.7. The van der Waals surface area contributed by atoms with Crippen LogP contribution in [0, 0.1) is 0 Å². The quantitative estimate of drug-likeness (QED) is 0.501. The lowest BCUT2D eigenvalue weighted by molar-refractivity contribution is -0.121. The minimum Gasteiger partial charge on any atom is -0.350 e. The molecule has 0 aliphatic heterocycles. The second-order valence-electron chi connectivity index (χ2n) is 6.12. The fourth-order valence-electron chi connectivity index (χ4n) is 2.85. The van der Waals surface area contributed by atoms with Gasteiger partial charge < -0.3 is 10.3 Å². The maximum atomic E-state index is 12.1. The Hall–Kier alpha value is -3.41. The van der Waals surface area contributed by atoms with E-state index in [1.54, 1.807) is 0 Å². The SMILES string of the molecule is O=C(CCc1nc2ccccc2[nH]1)NCc1cc(-c2ccccc2)n[nH]1. The van der Waals surface area contributed by atoms with E-state index in [9.17, 15) is 4.79 Å². The number of carbonyl (C=O) groups is 1. The van der Waals surface area contributed by atoms with Crippen LogP contribution in [0.5, 0.6) is 0 Å². The molecule has 26 heavy (non-hydrogen) atoms. The van der Waals surface area contributed by atoms with E-state index >= 15 is 0 Å². The van der Waals surface area contributed by atoms with E-state index in [4.69, 9.17) is 0 Å². The van der Waals surface area contributed by atoms with E-state index < -0.39 is 0 Å². The van der Waals surface area contributed by atoms with Crippen LogP contribution in [-0.4, -0.2) is 26.1 Å². The highest BCUT2D eigenvalue weighted by Gasteiger charge is 2.08. The van der Waals surface area contributed by atoms with Crippen LogP contribution < -0.4 is 5.32 Å². The Morgan fingerprint density at radius 1 is 1.04 bits per heavy atom. The first kappa shape index (κ1) is 16.1. The summed E-state index contributed by atoms with van der Waals surface area (Å²) in [5.74, 6) is 0.815. The van der Waals surface area contributed by atoms with Gasteiger partial charge >= 0.3 is 0 Å². The van der Waals surface area contributed by atoms with Gasteiger partial charge in [0.1, 0.15) is 5.82 Å². The maximum Gasteiger partial charge on any atom is 0.220 e. The van der Waals surface area contributed by atoms with Crippen LogP contribution in [0.2, 0.25) is 0 Å². The van der Waals surface area contributed by atoms with Gasteiger partial charge in [-0.25, -0.2) is 4.98 Å². The number of H-pyrrole nitrogens is 2. The zero-order chi connectivity index (χ0) is 17.8. The molecule has 0 unspecified atom stereocenters. The summed E-state index contributed by atoms with van der Waals surface area (Å²) in [5, 5.41) is 10.2. The van der Waals surface area contributed by atoms with Gasteiger partial charge in [-0.1, -0.05) is 42.5 Å². The molecule has 6 heteroatoms. The zero-order valence-electron chi connectivity index (χ0n) is 14.2. The molecule has 0 saturated carbocycles. The fraction of sp³-hybridized carbons (Fsp3) is 0.150. The normalized spacial score (nSPS) is 10.9. The van der Waals surface area contributed by atoms with Crippen LogP contribution in [0.4, 0.5) is 0 Å². The Balaban J connectivity index is 1.29. The molecule has 0 aliphatic rings. The Morgan fingerprint density at radius 2 is 1.85 bits per heavy atom. The minimum atomic E-state index is -0.0127. The van der Waals surface area contributed by atoms with Crippen LogP contribution in [0.3, 0.4) is 0 Å². The van der Waals surface area contributed by atoms with Crippen molar-refractivity contribution in [3.05, 3.63) is 72.2 Å². The average Bonchev–Trinajstić information content (AvgIpc) is 3.32. The Labute approximate surface area is 150 Å². The molecule has 2 aromatic carbocycles. The predicted molar refractivity (Wildman–Crippen MR) is 100 cm³/mol. The number of benzene rings is 2. The number of hydrogen-bond acceptors (Lipinski definition) is 3. The molecule has 0 aliphatic carbocycles. The molecule has 130 valence electrons. The number of amides is 1. The summed E-state index contributed by atoms with van der Waals surface area (Å²) in [4.78, 5) is 19.8. The number of hydrogen-bond donors (Lipinski definition) is 3. The fourth-order valence-corrected chi connectivity index (χ4v) is 2.85. The van der Waals surface area contributed by atoms with Crippen LogP contribution in [0.25, 0.3) is 22.3 Å². The third kappa shape index (κ3) is 3.64. The third-order valence-electron chi connectivity index (χ3n) is 4.20. The summed E-state index contributed by atoms with van der Waals surface area (Å²) < 4.78 is 0. The standard InChI is InChI=1S/C20H19N5O/c26-20(11-10-19-22-16-8-4-5-9-17(16)23-19)21-13-15-12-18(25-24-15)14-6-2-1-3-7-14/h1-9,12H,10-11,13H2,(H,21,26)(H,22,23)(H,24,25). The van der Waals surface area contributed by atoms with Crippen molar-refractivity contribution < 1.29 is 4.79 Å². The minimum absolute atomic E-state index is 0.0127. The Morgan fingerprint density at radius 3 is 2.69 bits per heavy atom. The number of imidazole rings is 1. The van der Waals surface area contributed by atoms with Crippen molar-refractivity contribution >= 4 is 16.9 Å². The molecule has 0 radical (unpaired) electrons. The summed E-state index contributed by atoms with van der Waals surface area (Å²) in [6.07, 6.45) is 0.970. The number of carbonyl (C=O) groups excluding carboxylic acids is 1. The van der Waals surface area contributed by atoms with Gasteiger partial charge in [-0.3, -0.25) is 9.89 Å². The highest BCUT2D eigenvalue weighted by molar-refractivity contribution is 5.77. The largest absolute Gasteiger partial charge is 0.350 e. The first-order chi connectivity index (χ1) is 12.8. The van der Waals surface area contributed by atoms with Crippen LogP contribution in [0.1, 0.15) is 17.9 Å². The van der Waals surface area contributed by atoms with E-state index in [1.165, 1.54) is 0 Å². The number of fused-ring (bicyclic) bond motifs is 1. The number of nitrogens with zero attached hydrogens (tertiary/aromatic N) is 2. The van der Waals surface area contributed by atoms with E-state index in [1.807, 2.05) is 60.7 Å². The van der Waals surface area contributed by atoms with Gasteiger partial charge in [0.25, 0.3) is 0 Å². The predicted octanol–water partition coefficient (Wildman–Crippen LogP) is 3.20. The highest BCUT2D eigenvalue weighted by atomic mass is 16.1. The topological polar surface area (TPSA) is 86.5 Å². The molecule has 4 rings (SSSR count). The molecule has 3 N–H and O–H groups in total. The van der Waals surface area contributed by atoms with E-state index in [2.05, 4.69) is 25.5 Å².